The van der Waals surface area contributed by atoms with Crippen LogP contribution in [0.2, 0.25) is 0 Å². The second-order valence-electron chi connectivity index (χ2n) is 5.20. The van der Waals surface area contributed by atoms with Crippen molar-refractivity contribution in [3.8, 4) is 0 Å². The molecule has 1 fully saturated rings. The SMILES string of the molecule is Cc1nc2cccnc2nc1N1CC(c2cc(=O)[nH]o2)C1. The predicted molar refractivity (Wildman–Crippen MR) is 76.4 cm³/mol. The first-order chi connectivity index (χ1) is 10.2. The number of hydrogen-bond acceptors (Lipinski definition) is 6. The number of hydrogen-bond donors (Lipinski definition) is 1. The van der Waals surface area contributed by atoms with E-state index in [-0.39, 0.29) is 11.5 Å². The molecule has 21 heavy (non-hydrogen) atoms. The van der Waals surface area contributed by atoms with Crippen LogP contribution in [0.4, 0.5) is 5.82 Å². The van der Waals surface area contributed by atoms with Gasteiger partial charge in [-0.05, 0) is 19.1 Å². The van der Waals surface area contributed by atoms with Gasteiger partial charge in [-0.2, -0.15) is 5.16 Å². The Hall–Kier alpha value is -2.70. The standard InChI is InChI=1S/C14H13N5O2/c1-8-14(17-13-10(16-8)3-2-4-15-13)19-6-9(7-19)11-5-12(20)18-21-11/h2-5,9H,6-7H2,1H3,(H,18,20). The molecular formula is C14H13N5O2. The average Bonchev–Trinajstić information content (AvgIpc) is 2.84. The molecule has 0 amide bonds. The number of fused-ring (bicyclic) bond motifs is 1. The van der Waals surface area contributed by atoms with E-state index in [1.54, 1.807) is 6.20 Å². The van der Waals surface area contributed by atoms with E-state index in [4.69, 9.17) is 4.52 Å². The van der Waals surface area contributed by atoms with Crippen molar-refractivity contribution in [2.75, 3.05) is 18.0 Å². The van der Waals surface area contributed by atoms with Gasteiger partial charge in [-0.3, -0.25) is 4.79 Å². The van der Waals surface area contributed by atoms with Crippen molar-refractivity contribution in [3.63, 3.8) is 0 Å². The summed E-state index contributed by atoms with van der Waals surface area (Å²) in [6, 6.07) is 5.26. The summed E-state index contributed by atoms with van der Waals surface area (Å²) in [4.78, 5) is 26.6. The number of H-pyrrole nitrogens is 1. The van der Waals surface area contributed by atoms with Gasteiger partial charge in [0.1, 0.15) is 11.3 Å². The summed E-state index contributed by atoms with van der Waals surface area (Å²) in [5.74, 6) is 1.75. The van der Waals surface area contributed by atoms with Gasteiger partial charge in [0.05, 0.1) is 11.6 Å². The van der Waals surface area contributed by atoms with Gasteiger partial charge in [0.2, 0.25) is 0 Å². The van der Waals surface area contributed by atoms with E-state index in [1.807, 2.05) is 19.1 Å². The van der Waals surface area contributed by atoms with E-state index >= 15 is 0 Å². The van der Waals surface area contributed by atoms with E-state index in [1.165, 1.54) is 6.07 Å². The molecule has 0 spiro atoms. The van der Waals surface area contributed by atoms with Gasteiger partial charge in [-0.1, -0.05) is 0 Å². The Morgan fingerprint density at radius 3 is 3.00 bits per heavy atom. The van der Waals surface area contributed by atoms with Crippen LogP contribution in [0.3, 0.4) is 0 Å². The minimum Gasteiger partial charge on any atom is -0.383 e. The van der Waals surface area contributed by atoms with Crippen LogP contribution in [0.5, 0.6) is 0 Å². The Bertz CT molecular complexity index is 863. The normalized spacial score (nSPS) is 15.4. The van der Waals surface area contributed by atoms with Crippen LogP contribution in [-0.2, 0) is 0 Å². The van der Waals surface area contributed by atoms with Crippen LogP contribution in [0.25, 0.3) is 11.2 Å². The van der Waals surface area contributed by atoms with E-state index in [2.05, 4.69) is 25.0 Å². The highest BCUT2D eigenvalue weighted by molar-refractivity contribution is 5.72. The molecule has 106 valence electrons. The van der Waals surface area contributed by atoms with E-state index < -0.39 is 0 Å². The zero-order chi connectivity index (χ0) is 14.4. The Morgan fingerprint density at radius 1 is 1.38 bits per heavy atom. The quantitative estimate of drug-likeness (QED) is 0.760. The summed E-state index contributed by atoms with van der Waals surface area (Å²) in [7, 11) is 0. The number of aromatic nitrogens is 4. The van der Waals surface area contributed by atoms with Gasteiger partial charge in [0.25, 0.3) is 5.56 Å². The molecule has 1 N–H and O–H groups in total. The lowest BCUT2D eigenvalue weighted by Gasteiger charge is -2.39. The first-order valence-electron chi connectivity index (χ1n) is 6.73. The zero-order valence-electron chi connectivity index (χ0n) is 11.4. The number of pyridine rings is 1. The molecular weight excluding hydrogens is 270 g/mol. The van der Waals surface area contributed by atoms with Gasteiger partial charge >= 0.3 is 0 Å². The summed E-state index contributed by atoms with van der Waals surface area (Å²) < 4.78 is 5.14. The Kier molecular flexibility index (Phi) is 2.53. The first-order valence-corrected chi connectivity index (χ1v) is 6.73. The largest absolute Gasteiger partial charge is 0.383 e. The second kappa shape index (κ2) is 4.41. The summed E-state index contributed by atoms with van der Waals surface area (Å²) in [6.07, 6.45) is 1.71. The van der Waals surface area contributed by atoms with Gasteiger partial charge < -0.3 is 9.42 Å². The highest BCUT2D eigenvalue weighted by Gasteiger charge is 2.33. The molecule has 0 atom stereocenters. The molecule has 0 aliphatic carbocycles. The van der Waals surface area contributed by atoms with Crippen molar-refractivity contribution >= 4 is 17.0 Å². The van der Waals surface area contributed by atoms with Crippen LogP contribution in [0.15, 0.2) is 33.7 Å². The fraction of sp³-hybridized carbons (Fsp3) is 0.286. The lowest BCUT2D eigenvalue weighted by atomic mass is 9.97. The van der Waals surface area contributed by atoms with Crippen LogP contribution in [-0.4, -0.2) is 33.2 Å². The highest BCUT2D eigenvalue weighted by atomic mass is 16.5. The fourth-order valence-corrected chi connectivity index (χ4v) is 2.60. The second-order valence-corrected chi connectivity index (χ2v) is 5.20. The molecule has 1 saturated heterocycles. The zero-order valence-corrected chi connectivity index (χ0v) is 11.4. The molecule has 1 aliphatic heterocycles. The molecule has 0 radical (unpaired) electrons. The van der Waals surface area contributed by atoms with Gasteiger partial charge in [0, 0.05) is 25.4 Å². The maximum Gasteiger partial charge on any atom is 0.280 e. The number of aryl methyl sites for hydroxylation is 1. The molecule has 3 aromatic rings. The molecule has 7 nitrogen and oxygen atoms in total. The number of rotatable bonds is 2. The Balaban J connectivity index is 1.61. The topological polar surface area (TPSA) is 87.9 Å². The maximum absolute atomic E-state index is 11.1. The lowest BCUT2D eigenvalue weighted by Crippen LogP contribution is -2.45. The lowest BCUT2D eigenvalue weighted by molar-refractivity contribution is 0.333. The first kappa shape index (κ1) is 12.1. The maximum atomic E-state index is 11.1. The van der Waals surface area contributed by atoms with Crippen molar-refractivity contribution in [3.05, 3.63) is 46.2 Å². The van der Waals surface area contributed by atoms with Crippen molar-refractivity contribution in [1.29, 1.82) is 0 Å². The summed E-state index contributed by atoms with van der Waals surface area (Å²) in [5.41, 5.74) is 2.13. The van der Waals surface area contributed by atoms with Crippen LogP contribution >= 0.6 is 0 Å². The highest BCUT2D eigenvalue weighted by Crippen LogP contribution is 2.31. The van der Waals surface area contributed by atoms with Crippen molar-refractivity contribution in [2.24, 2.45) is 0 Å². The third kappa shape index (κ3) is 1.97. The van der Waals surface area contributed by atoms with Crippen LogP contribution in [0.1, 0.15) is 17.4 Å². The average molecular weight is 283 g/mol. The Labute approximate surface area is 119 Å². The van der Waals surface area contributed by atoms with E-state index in [9.17, 15) is 4.79 Å². The van der Waals surface area contributed by atoms with Gasteiger partial charge in [0.15, 0.2) is 11.5 Å². The molecule has 0 aromatic carbocycles. The molecule has 4 rings (SSSR count). The molecule has 4 heterocycles. The monoisotopic (exact) mass is 283 g/mol. The molecule has 0 bridgehead atoms. The number of nitrogens with zero attached hydrogens (tertiary/aromatic N) is 4. The molecule has 7 heteroatoms. The third-order valence-electron chi connectivity index (χ3n) is 3.72. The molecule has 0 unspecified atom stereocenters. The molecule has 0 saturated carbocycles. The van der Waals surface area contributed by atoms with Gasteiger partial charge in [-0.15, -0.1) is 0 Å². The van der Waals surface area contributed by atoms with Crippen molar-refractivity contribution in [1.82, 2.24) is 20.1 Å². The minimum atomic E-state index is -0.200. The predicted octanol–water partition coefficient (Wildman–Crippen LogP) is 1.22. The number of anilines is 1. The number of aromatic amines is 1. The fourth-order valence-electron chi connectivity index (χ4n) is 2.60. The summed E-state index contributed by atoms with van der Waals surface area (Å²) in [5, 5.41) is 2.32. The Morgan fingerprint density at radius 2 is 2.24 bits per heavy atom. The summed E-state index contributed by atoms with van der Waals surface area (Å²) in [6.45, 7) is 3.46. The minimum absolute atomic E-state index is 0.200. The van der Waals surface area contributed by atoms with Crippen molar-refractivity contribution < 1.29 is 4.52 Å². The molecule has 1 aliphatic rings. The van der Waals surface area contributed by atoms with Gasteiger partial charge in [-0.25, -0.2) is 15.0 Å². The van der Waals surface area contributed by atoms with E-state index in [0.717, 1.165) is 30.1 Å². The third-order valence-corrected chi connectivity index (χ3v) is 3.72. The van der Waals surface area contributed by atoms with Crippen LogP contribution in [0, 0.1) is 6.92 Å². The van der Waals surface area contributed by atoms with Crippen molar-refractivity contribution in [2.45, 2.75) is 12.8 Å². The summed E-state index contributed by atoms with van der Waals surface area (Å²) >= 11 is 0. The van der Waals surface area contributed by atoms with E-state index in [0.29, 0.717) is 11.4 Å². The van der Waals surface area contributed by atoms with Crippen LogP contribution < -0.4 is 10.5 Å². The molecule has 3 aromatic heterocycles. The smallest absolute Gasteiger partial charge is 0.280 e. The number of nitrogens with one attached hydrogen (secondary N) is 1.